The standard InChI is InChI=1S/C22H29NO3S/c1-14-10-16(3)20(11-15(14)2)17(4)23-27(24,25)22-13-19-9-7-6-8-18(19)12-21(22)26-5/h10-13,17,23H,6-9H2,1-5H3/t17-/m1/s1. The van der Waals surface area contributed by atoms with E-state index in [-0.39, 0.29) is 10.9 Å². The fourth-order valence-electron chi connectivity index (χ4n) is 3.92. The van der Waals surface area contributed by atoms with Gasteiger partial charge in [-0.25, -0.2) is 13.1 Å². The minimum absolute atomic E-state index is 0.235. The molecule has 1 N–H and O–H groups in total. The smallest absolute Gasteiger partial charge is 0.244 e. The average molecular weight is 388 g/mol. The fraction of sp³-hybridized carbons (Fsp3) is 0.455. The van der Waals surface area contributed by atoms with Gasteiger partial charge in [0.25, 0.3) is 0 Å². The summed E-state index contributed by atoms with van der Waals surface area (Å²) in [6.07, 6.45) is 4.15. The van der Waals surface area contributed by atoms with Gasteiger partial charge in [0.05, 0.1) is 7.11 Å². The number of aryl methyl sites for hydroxylation is 5. The molecule has 1 atom stereocenters. The van der Waals surface area contributed by atoms with Crippen molar-refractivity contribution >= 4 is 10.0 Å². The Hall–Kier alpha value is -1.85. The topological polar surface area (TPSA) is 55.4 Å². The Kier molecular flexibility index (Phi) is 5.63. The van der Waals surface area contributed by atoms with Gasteiger partial charge in [0, 0.05) is 6.04 Å². The van der Waals surface area contributed by atoms with E-state index in [4.69, 9.17) is 4.74 Å². The lowest BCUT2D eigenvalue weighted by molar-refractivity contribution is 0.400. The minimum Gasteiger partial charge on any atom is -0.495 e. The van der Waals surface area contributed by atoms with Crippen molar-refractivity contribution in [3.05, 3.63) is 57.6 Å². The van der Waals surface area contributed by atoms with Gasteiger partial charge in [-0.05, 0) is 98.9 Å². The molecule has 27 heavy (non-hydrogen) atoms. The van der Waals surface area contributed by atoms with Gasteiger partial charge >= 0.3 is 0 Å². The Morgan fingerprint density at radius 1 is 0.926 bits per heavy atom. The molecule has 0 bridgehead atoms. The van der Waals surface area contributed by atoms with Gasteiger partial charge in [-0.1, -0.05) is 12.1 Å². The third-order valence-electron chi connectivity index (χ3n) is 5.60. The van der Waals surface area contributed by atoms with Crippen molar-refractivity contribution in [2.45, 2.75) is 64.3 Å². The molecule has 1 aliphatic rings. The summed E-state index contributed by atoms with van der Waals surface area (Å²) in [6, 6.07) is 7.55. The van der Waals surface area contributed by atoms with Crippen LogP contribution in [0.4, 0.5) is 0 Å². The number of hydrogen-bond acceptors (Lipinski definition) is 3. The van der Waals surface area contributed by atoms with E-state index in [1.165, 1.54) is 18.2 Å². The highest BCUT2D eigenvalue weighted by atomic mass is 32.2. The van der Waals surface area contributed by atoms with E-state index in [2.05, 4.69) is 23.8 Å². The Labute approximate surface area is 163 Å². The first kappa shape index (κ1) is 19.9. The van der Waals surface area contributed by atoms with Crippen LogP contribution < -0.4 is 9.46 Å². The number of benzene rings is 2. The van der Waals surface area contributed by atoms with Gasteiger partial charge in [0.2, 0.25) is 10.0 Å². The van der Waals surface area contributed by atoms with Gasteiger partial charge < -0.3 is 4.74 Å². The monoisotopic (exact) mass is 387 g/mol. The first-order chi connectivity index (χ1) is 12.7. The first-order valence-electron chi connectivity index (χ1n) is 9.53. The van der Waals surface area contributed by atoms with Crippen molar-refractivity contribution in [1.82, 2.24) is 4.72 Å². The fourth-order valence-corrected chi connectivity index (χ4v) is 5.34. The summed E-state index contributed by atoms with van der Waals surface area (Å²) in [6.45, 7) is 8.02. The number of methoxy groups -OCH3 is 1. The second-order valence-corrected chi connectivity index (χ2v) is 9.30. The zero-order valence-electron chi connectivity index (χ0n) is 16.8. The molecule has 0 aromatic heterocycles. The number of ether oxygens (including phenoxy) is 1. The van der Waals surface area contributed by atoms with Crippen LogP contribution in [-0.2, 0) is 22.9 Å². The summed E-state index contributed by atoms with van der Waals surface area (Å²) in [4.78, 5) is 0.235. The van der Waals surface area contributed by atoms with Crippen molar-refractivity contribution in [2.75, 3.05) is 7.11 Å². The number of fused-ring (bicyclic) bond motifs is 1. The maximum atomic E-state index is 13.2. The van der Waals surface area contributed by atoms with Gasteiger partial charge in [-0.2, -0.15) is 0 Å². The summed E-state index contributed by atoms with van der Waals surface area (Å²) in [7, 11) is -2.17. The number of rotatable bonds is 5. The first-order valence-corrected chi connectivity index (χ1v) is 11.0. The van der Waals surface area contributed by atoms with Crippen LogP contribution in [0.3, 0.4) is 0 Å². The number of sulfonamides is 1. The third-order valence-corrected chi connectivity index (χ3v) is 7.16. The molecule has 2 aromatic rings. The molecule has 1 aliphatic carbocycles. The predicted molar refractivity (Wildman–Crippen MR) is 109 cm³/mol. The van der Waals surface area contributed by atoms with Crippen LogP contribution in [0.1, 0.15) is 59.2 Å². The molecule has 0 spiro atoms. The second-order valence-electron chi connectivity index (χ2n) is 7.61. The molecule has 0 aliphatic heterocycles. The van der Waals surface area contributed by atoms with E-state index in [0.717, 1.165) is 47.9 Å². The number of hydrogen-bond donors (Lipinski definition) is 1. The van der Waals surface area contributed by atoms with Crippen molar-refractivity contribution in [3.8, 4) is 5.75 Å². The Morgan fingerprint density at radius 3 is 2.15 bits per heavy atom. The Bertz CT molecular complexity index is 964. The summed E-state index contributed by atoms with van der Waals surface area (Å²) >= 11 is 0. The van der Waals surface area contributed by atoms with Crippen LogP contribution in [-0.4, -0.2) is 15.5 Å². The van der Waals surface area contributed by atoms with Crippen LogP contribution >= 0.6 is 0 Å². The summed E-state index contributed by atoms with van der Waals surface area (Å²) < 4.78 is 34.6. The van der Waals surface area contributed by atoms with Gasteiger partial charge in [-0.3, -0.25) is 0 Å². The van der Waals surface area contributed by atoms with E-state index < -0.39 is 10.0 Å². The second kappa shape index (κ2) is 7.64. The van der Waals surface area contributed by atoms with Crippen molar-refractivity contribution in [1.29, 1.82) is 0 Å². The van der Waals surface area contributed by atoms with E-state index in [1.54, 1.807) is 6.07 Å². The molecule has 0 fully saturated rings. The van der Waals surface area contributed by atoms with Crippen LogP contribution in [0.25, 0.3) is 0 Å². The molecule has 0 radical (unpaired) electrons. The van der Waals surface area contributed by atoms with Crippen LogP contribution in [0.2, 0.25) is 0 Å². The largest absolute Gasteiger partial charge is 0.495 e. The third kappa shape index (κ3) is 4.04. The normalized spacial score (nSPS) is 15.3. The quantitative estimate of drug-likeness (QED) is 0.819. The number of nitrogens with one attached hydrogen (secondary N) is 1. The van der Waals surface area contributed by atoms with Crippen molar-refractivity contribution < 1.29 is 13.2 Å². The highest BCUT2D eigenvalue weighted by molar-refractivity contribution is 7.89. The minimum atomic E-state index is -3.70. The van der Waals surface area contributed by atoms with Gasteiger partial charge in [0.1, 0.15) is 10.6 Å². The molecule has 146 valence electrons. The molecular formula is C22H29NO3S. The van der Waals surface area contributed by atoms with Crippen LogP contribution in [0, 0.1) is 20.8 Å². The average Bonchev–Trinajstić information content (AvgIpc) is 2.63. The maximum absolute atomic E-state index is 13.2. The summed E-state index contributed by atoms with van der Waals surface area (Å²) in [5.41, 5.74) is 6.78. The van der Waals surface area contributed by atoms with E-state index in [0.29, 0.717) is 5.75 Å². The molecule has 5 heteroatoms. The van der Waals surface area contributed by atoms with E-state index in [9.17, 15) is 8.42 Å². The van der Waals surface area contributed by atoms with Crippen LogP contribution in [0.5, 0.6) is 5.75 Å². The summed E-state index contributed by atoms with van der Waals surface area (Å²) in [5, 5.41) is 0. The maximum Gasteiger partial charge on any atom is 0.244 e. The predicted octanol–water partition coefficient (Wildman–Crippen LogP) is 4.54. The van der Waals surface area contributed by atoms with Crippen molar-refractivity contribution in [3.63, 3.8) is 0 Å². The Morgan fingerprint density at radius 2 is 1.52 bits per heavy atom. The molecular weight excluding hydrogens is 358 g/mol. The molecule has 0 amide bonds. The zero-order chi connectivity index (χ0) is 19.8. The molecule has 4 nitrogen and oxygen atoms in total. The lowest BCUT2D eigenvalue weighted by Gasteiger charge is -2.22. The van der Waals surface area contributed by atoms with E-state index >= 15 is 0 Å². The molecule has 2 aromatic carbocycles. The zero-order valence-corrected chi connectivity index (χ0v) is 17.7. The SMILES string of the molecule is COc1cc2c(cc1S(=O)(=O)N[C@H](C)c1cc(C)c(C)cc1C)CCCC2. The molecule has 0 unspecified atom stereocenters. The highest BCUT2D eigenvalue weighted by Gasteiger charge is 2.25. The lowest BCUT2D eigenvalue weighted by atomic mass is 9.92. The van der Waals surface area contributed by atoms with Crippen molar-refractivity contribution in [2.24, 2.45) is 0 Å². The van der Waals surface area contributed by atoms with Gasteiger partial charge in [-0.15, -0.1) is 0 Å². The lowest BCUT2D eigenvalue weighted by Crippen LogP contribution is -2.28. The highest BCUT2D eigenvalue weighted by Crippen LogP contribution is 2.33. The molecule has 0 heterocycles. The Balaban J connectivity index is 1.96. The molecule has 0 saturated heterocycles. The molecule has 0 saturated carbocycles. The van der Waals surface area contributed by atoms with Crippen LogP contribution in [0.15, 0.2) is 29.2 Å². The summed E-state index contributed by atoms with van der Waals surface area (Å²) in [5.74, 6) is 0.423. The molecule has 3 rings (SSSR count). The van der Waals surface area contributed by atoms with Gasteiger partial charge in [0.15, 0.2) is 0 Å². The van der Waals surface area contributed by atoms with E-state index in [1.807, 2.05) is 26.8 Å².